The van der Waals surface area contributed by atoms with Gasteiger partial charge in [0.2, 0.25) is 0 Å². The SMILES string of the molecule is CC.CC1CCN(CC(C)(C)C#N)CC1. The van der Waals surface area contributed by atoms with Gasteiger partial charge in [0.1, 0.15) is 0 Å². The lowest BCUT2D eigenvalue weighted by molar-refractivity contribution is 0.156. The van der Waals surface area contributed by atoms with Crippen molar-refractivity contribution in [1.29, 1.82) is 5.26 Å². The summed E-state index contributed by atoms with van der Waals surface area (Å²) in [5, 5.41) is 8.90. The first-order chi connectivity index (χ1) is 7.03. The first kappa shape index (κ1) is 14.5. The van der Waals surface area contributed by atoms with Crippen LogP contribution in [-0.2, 0) is 0 Å². The molecule has 0 saturated carbocycles. The van der Waals surface area contributed by atoms with Crippen LogP contribution in [0.5, 0.6) is 0 Å². The smallest absolute Gasteiger partial charge is 0.0697 e. The molecule has 88 valence electrons. The van der Waals surface area contributed by atoms with Gasteiger partial charge < -0.3 is 4.90 Å². The Labute approximate surface area is 95.3 Å². The summed E-state index contributed by atoms with van der Waals surface area (Å²) in [5.41, 5.74) is -0.180. The third-order valence-corrected chi connectivity index (χ3v) is 2.80. The molecule has 2 nitrogen and oxygen atoms in total. The summed E-state index contributed by atoms with van der Waals surface area (Å²) in [7, 11) is 0. The Bertz CT molecular complexity index is 195. The van der Waals surface area contributed by atoms with Gasteiger partial charge >= 0.3 is 0 Å². The van der Waals surface area contributed by atoms with E-state index in [1.54, 1.807) is 0 Å². The van der Waals surface area contributed by atoms with Crippen molar-refractivity contribution in [2.75, 3.05) is 19.6 Å². The Morgan fingerprint density at radius 3 is 2.13 bits per heavy atom. The van der Waals surface area contributed by atoms with Crippen molar-refractivity contribution >= 4 is 0 Å². The van der Waals surface area contributed by atoms with Crippen LogP contribution in [0, 0.1) is 22.7 Å². The summed E-state index contributed by atoms with van der Waals surface area (Å²) in [5.74, 6) is 0.876. The van der Waals surface area contributed by atoms with Crippen LogP contribution in [0.2, 0.25) is 0 Å². The lowest BCUT2D eigenvalue weighted by Gasteiger charge is -2.33. The lowest BCUT2D eigenvalue weighted by Crippen LogP contribution is -2.39. The van der Waals surface area contributed by atoms with Gasteiger partial charge in [-0.1, -0.05) is 20.8 Å². The normalized spacial score (nSPS) is 18.9. The van der Waals surface area contributed by atoms with Crippen LogP contribution < -0.4 is 0 Å². The second-order valence-corrected chi connectivity index (χ2v) is 4.95. The maximum Gasteiger partial charge on any atom is 0.0697 e. The number of hydrogen-bond donors (Lipinski definition) is 0. The van der Waals surface area contributed by atoms with Gasteiger partial charge in [0.25, 0.3) is 0 Å². The van der Waals surface area contributed by atoms with Crippen molar-refractivity contribution < 1.29 is 0 Å². The molecule has 2 heteroatoms. The second-order valence-electron chi connectivity index (χ2n) is 4.95. The molecule has 1 aliphatic heterocycles. The fraction of sp³-hybridized carbons (Fsp3) is 0.923. The molecule has 0 aromatic rings. The molecule has 0 bridgehead atoms. The largest absolute Gasteiger partial charge is 0.302 e. The highest BCUT2D eigenvalue weighted by atomic mass is 15.1. The quantitative estimate of drug-likeness (QED) is 0.699. The van der Waals surface area contributed by atoms with E-state index >= 15 is 0 Å². The van der Waals surface area contributed by atoms with Crippen LogP contribution in [0.15, 0.2) is 0 Å². The Hall–Kier alpha value is -0.550. The van der Waals surface area contributed by atoms with Crippen molar-refractivity contribution in [3.8, 4) is 6.07 Å². The average molecular weight is 210 g/mol. The minimum absolute atomic E-state index is 0.180. The summed E-state index contributed by atoms with van der Waals surface area (Å²) < 4.78 is 0. The Kier molecular flexibility index (Phi) is 6.60. The van der Waals surface area contributed by atoms with Crippen molar-refractivity contribution in [3.63, 3.8) is 0 Å². The first-order valence-electron chi connectivity index (χ1n) is 6.17. The van der Waals surface area contributed by atoms with Crippen molar-refractivity contribution in [2.24, 2.45) is 11.3 Å². The molecule has 0 spiro atoms. The summed E-state index contributed by atoms with van der Waals surface area (Å²) in [6.07, 6.45) is 2.59. The van der Waals surface area contributed by atoms with E-state index in [9.17, 15) is 0 Å². The molecule has 1 rings (SSSR count). The van der Waals surface area contributed by atoms with Gasteiger partial charge in [-0.2, -0.15) is 5.26 Å². The van der Waals surface area contributed by atoms with Crippen molar-refractivity contribution in [2.45, 2.75) is 47.5 Å². The van der Waals surface area contributed by atoms with E-state index in [0.29, 0.717) is 0 Å². The minimum Gasteiger partial charge on any atom is -0.302 e. The predicted octanol–water partition coefficient (Wildman–Crippen LogP) is 3.29. The van der Waals surface area contributed by atoms with E-state index in [1.165, 1.54) is 25.9 Å². The number of hydrogen-bond acceptors (Lipinski definition) is 2. The third kappa shape index (κ3) is 5.79. The van der Waals surface area contributed by atoms with Crippen LogP contribution in [0.25, 0.3) is 0 Å². The molecule has 1 aliphatic rings. The number of likely N-dealkylation sites (tertiary alicyclic amines) is 1. The predicted molar refractivity (Wildman–Crippen MR) is 65.6 cm³/mol. The fourth-order valence-corrected chi connectivity index (χ4v) is 1.81. The van der Waals surface area contributed by atoms with Gasteiger partial charge in [0.15, 0.2) is 0 Å². The molecule has 1 fully saturated rings. The summed E-state index contributed by atoms with van der Waals surface area (Å²) >= 11 is 0. The number of nitrogens with zero attached hydrogens (tertiary/aromatic N) is 2. The molecule has 15 heavy (non-hydrogen) atoms. The van der Waals surface area contributed by atoms with Crippen LogP contribution in [-0.4, -0.2) is 24.5 Å². The van der Waals surface area contributed by atoms with E-state index in [0.717, 1.165) is 12.5 Å². The van der Waals surface area contributed by atoms with Crippen LogP contribution in [0.1, 0.15) is 47.5 Å². The third-order valence-electron chi connectivity index (χ3n) is 2.80. The molecule has 0 aromatic heterocycles. The molecular weight excluding hydrogens is 184 g/mol. The molecule has 0 aliphatic carbocycles. The number of nitriles is 1. The van der Waals surface area contributed by atoms with Gasteiger partial charge in [0, 0.05) is 6.54 Å². The molecule has 0 unspecified atom stereocenters. The number of rotatable bonds is 2. The van der Waals surface area contributed by atoms with E-state index < -0.39 is 0 Å². The zero-order valence-corrected chi connectivity index (χ0v) is 11.0. The maximum absolute atomic E-state index is 8.90. The standard InChI is InChI=1S/C11H20N2.C2H6/c1-10-4-6-13(7-5-10)9-11(2,3)8-12;1-2/h10H,4-7,9H2,1-3H3;1-2H3. The van der Waals surface area contributed by atoms with Crippen LogP contribution in [0.4, 0.5) is 0 Å². The Morgan fingerprint density at radius 1 is 1.27 bits per heavy atom. The van der Waals surface area contributed by atoms with E-state index in [2.05, 4.69) is 17.9 Å². The van der Waals surface area contributed by atoms with Gasteiger partial charge in [-0.05, 0) is 45.7 Å². The van der Waals surface area contributed by atoms with Gasteiger partial charge in [-0.15, -0.1) is 0 Å². The van der Waals surface area contributed by atoms with Gasteiger partial charge in [0.05, 0.1) is 11.5 Å². The summed E-state index contributed by atoms with van der Waals surface area (Å²) in [4.78, 5) is 2.42. The zero-order valence-electron chi connectivity index (χ0n) is 11.0. The highest BCUT2D eigenvalue weighted by Crippen LogP contribution is 2.21. The van der Waals surface area contributed by atoms with Gasteiger partial charge in [-0.25, -0.2) is 0 Å². The molecule has 0 radical (unpaired) electrons. The van der Waals surface area contributed by atoms with Crippen molar-refractivity contribution in [3.05, 3.63) is 0 Å². The molecule has 0 amide bonds. The summed E-state index contributed by atoms with van der Waals surface area (Å²) in [6.45, 7) is 13.6. The topological polar surface area (TPSA) is 27.0 Å². The lowest BCUT2D eigenvalue weighted by atomic mass is 9.92. The number of piperidine rings is 1. The summed E-state index contributed by atoms with van der Waals surface area (Å²) in [6, 6.07) is 2.36. The van der Waals surface area contributed by atoms with E-state index in [-0.39, 0.29) is 5.41 Å². The molecule has 0 aromatic carbocycles. The monoisotopic (exact) mass is 210 g/mol. The average Bonchev–Trinajstić information content (AvgIpc) is 2.24. The fourth-order valence-electron chi connectivity index (χ4n) is 1.81. The van der Waals surface area contributed by atoms with Crippen LogP contribution in [0.3, 0.4) is 0 Å². The van der Waals surface area contributed by atoms with E-state index in [1.807, 2.05) is 27.7 Å². The van der Waals surface area contributed by atoms with Gasteiger partial charge in [-0.3, -0.25) is 0 Å². The molecule has 0 atom stereocenters. The second kappa shape index (κ2) is 6.85. The van der Waals surface area contributed by atoms with Crippen molar-refractivity contribution in [1.82, 2.24) is 4.90 Å². The molecule has 1 heterocycles. The Morgan fingerprint density at radius 2 is 1.73 bits per heavy atom. The van der Waals surface area contributed by atoms with Crippen LogP contribution >= 0.6 is 0 Å². The molecule has 1 saturated heterocycles. The highest BCUT2D eigenvalue weighted by molar-refractivity contribution is 4.94. The first-order valence-corrected chi connectivity index (χ1v) is 6.17. The minimum atomic E-state index is -0.180. The Balaban J connectivity index is 0.000000921. The maximum atomic E-state index is 8.90. The molecular formula is C13H26N2. The zero-order chi connectivity index (χ0) is 11.9. The highest BCUT2D eigenvalue weighted by Gasteiger charge is 2.23. The molecule has 0 N–H and O–H groups in total. The van der Waals surface area contributed by atoms with E-state index in [4.69, 9.17) is 5.26 Å².